The molecule has 0 N–H and O–H groups in total. The monoisotopic (exact) mass is 169 g/mol. The van der Waals surface area contributed by atoms with Crippen LogP contribution in [0.3, 0.4) is 0 Å². The van der Waals surface area contributed by atoms with Crippen LogP contribution in [0.1, 0.15) is 5.69 Å². The van der Waals surface area contributed by atoms with Crippen molar-refractivity contribution in [2.24, 2.45) is 0 Å². The van der Waals surface area contributed by atoms with Crippen molar-refractivity contribution in [3.8, 4) is 0 Å². The highest BCUT2D eigenvalue weighted by Crippen LogP contribution is 1.95. The Kier molecular flexibility index (Phi) is 2.53. The second kappa shape index (κ2) is 3.43. The Labute approximate surface area is 67.8 Å². The molecule has 0 radical (unpaired) electrons. The van der Waals surface area contributed by atoms with Gasteiger partial charge in [-0.3, -0.25) is 4.98 Å². The summed E-state index contributed by atoms with van der Waals surface area (Å²) in [7, 11) is 0.626. The van der Waals surface area contributed by atoms with E-state index in [1.54, 1.807) is 6.20 Å². The van der Waals surface area contributed by atoms with Crippen molar-refractivity contribution in [3.05, 3.63) is 30.1 Å². The molecule has 0 atom stereocenters. The van der Waals surface area contributed by atoms with Gasteiger partial charge in [0.05, 0.1) is 0 Å². The molecular weight excluding hydrogens is 162 g/mol. The number of aromatic nitrogens is 1. The van der Waals surface area contributed by atoms with Crippen molar-refractivity contribution in [3.63, 3.8) is 0 Å². The summed E-state index contributed by atoms with van der Waals surface area (Å²) in [6.07, 6.45) is 1.70. The molecule has 0 aliphatic carbocycles. The lowest BCUT2D eigenvalue weighted by atomic mass is 10.4. The zero-order chi connectivity index (χ0) is 7.40. The van der Waals surface area contributed by atoms with Crippen molar-refractivity contribution in [2.45, 2.75) is 0 Å². The van der Waals surface area contributed by atoms with Crippen molar-refractivity contribution in [1.82, 2.24) is 4.98 Å². The molecule has 0 spiro atoms. The minimum Gasteiger partial charge on any atom is -0.544 e. The van der Waals surface area contributed by atoms with Crippen LogP contribution in [0.25, 0.3) is 0 Å². The Morgan fingerprint density at radius 1 is 1.60 bits per heavy atom. The van der Waals surface area contributed by atoms with E-state index in [0.717, 1.165) is 5.69 Å². The van der Waals surface area contributed by atoms with Gasteiger partial charge < -0.3 is 4.43 Å². The molecule has 0 bridgehead atoms. The molecular formula is C6H7NOSSi. The van der Waals surface area contributed by atoms with E-state index in [2.05, 4.69) is 4.98 Å². The topological polar surface area (TPSA) is 22.1 Å². The predicted molar refractivity (Wildman–Crippen MR) is 47.0 cm³/mol. The molecule has 0 aliphatic heterocycles. The fraction of sp³-hybridized carbons (Fsp3) is 0. The summed E-state index contributed by atoms with van der Waals surface area (Å²) in [6.45, 7) is 0. The van der Waals surface area contributed by atoms with Crippen LogP contribution in [0.15, 0.2) is 24.4 Å². The number of rotatable bonds is 1. The van der Waals surface area contributed by atoms with Gasteiger partial charge in [-0.1, -0.05) is 6.07 Å². The molecule has 1 heterocycles. The number of thiocarbonyl (C=S) groups is 1. The minimum absolute atomic E-state index is 0.493. The summed E-state index contributed by atoms with van der Waals surface area (Å²) < 4.78 is 4.94. The normalized spacial score (nSPS) is 9.20. The van der Waals surface area contributed by atoms with Crippen molar-refractivity contribution in [2.75, 3.05) is 0 Å². The molecule has 1 rings (SSSR count). The van der Waals surface area contributed by atoms with Gasteiger partial charge in [-0.2, -0.15) is 0 Å². The average Bonchev–Trinajstić information content (AvgIpc) is 2.05. The molecule has 1 aromatic heterocycles. The van der Waals surface area contributed by atoms with E-state index in [4.69, 9.17) is 16.6 Å². The molecule has 2 nitrogen and oxygen atoms in total. The van der Waals surface area contributed by atoms with Gasteiger partial charge in [0.15, 0.2) is 5.05 Å². The summed E-state index contributed by atoms with van der Waals surface area (Å²) in [4.78, 5) is 4.01. The van der Waals surface area contributed by atoms with Gasteiger partial charge in [-0.25, -0.2) is 0 Å². The fourth-order valence-electron chi connectivity index (χ4n) is 0.588. The SMILES string of the molecule is [SiH3]OC(=S)c1ccccn1. The summed E-state index contributed by atoms with van der Waals surface area (Å²) in [5.74, 6) is 0. The lowest BCUT2D eigenvalue weighted by molar-refractivity contribution is 0.629. The van der Waals surface area contributed by atoms with Crippen molar-refractivity contribution < 1.29 is 4.43 Å². The molecule has 0 saturated carbocycles. The smallest absolute Gasteiger partial charge is 0.205 e. The van der Waals surface area contributed by atoms with Gasteiger partial charge in [0.2, 0.25) is 10.5 Å². The predicted octanol–water partition coefficient (Wildman–Crippen LogP) is 0.0541. The van der Waals surface area contributed by atoms with Gasteiger partial charge in [-0.05, 0) is 24.4 Å². The molecule has 0 amide bonds. The number of hydrogen-bond acceptors (Lipinski definition) is 3. The summed E-state index contributed by atoms with van der Waals surface area (Å²) in [6, 6.07) is 5.56. The molecule has 4 heteroatoms. The first kappa shape index (κ1) is 7.36. The van der Waals surface area contributed by atoms with Crippen molar-refractivity contribution >= 4 is 27.8 Å². The molecule has 0 unspecified atom stereocenters. The third-order valence-electron chi connectivity index (χ3n) is 1.06. The highest BCUT2D eigenvalue weighted by molar-refractivity contribution is 7.80. The van der Waals surface area contributed by atoms with Crippen LogP contribution < -0.4 is 0 Å². The lowest BCUT2D eigenvalue weighted by Gasteiger charge is -1.99. The highest BCUT2D eigenvalue weighted by atomic mass is 32.1. The van der Waals surface area contributed by atoms with Gasteiger partial charge in [0.25, 0.3) is 0 Å². The zero-order valence-corrected chi connectivity index (χ0v) is 8.39. The number of hydrogen-bond donors (Lipinski definition) is 0. The van der Waals surface area contributed by atoms with E-state index in [1.807, 2.05) is 18.2 Å². The Morgan fingerprint density at radius 2 is 2.40 bits per heavy atom. The number of pyridine rings is 1. The summed E-state index contributed by atoms with van der Waals surface area (Å²) >= 11 is 4.87. The Bertz CT molecular complexity index is 226. The standard InChI is InChI=1S/C6H7NOSSi/c9-6(8-10)5-3-1-2-4-7-5/h1-4H,10H3. The lowest BCUT2D eigenvalue weighted by Crippen LogP contribution is -2.02. The maximum absolute atomic E-state index is 4.94. The molecule has 52 valence electrons. The van der Waals surface area contributed by atoms with Gasteiger partial charge in [0, 0.05) is 6.20 Å². The quantitative estimate of drug-likeness (QED) is 0.438. The first-order valence-electron chi connectivity index (χ1n) is 2.84. The van der Waals surface area contributed by atoms with E-state index in [1.165, 1.54) is 0 Å². The summed E-state index contributed by atoms with van der Waals surface area (Å²) in [5, 5.41) is 0.493. The molecule has 0 aliphatic rings. The second-order valence-corrected chi connectivity index (χ2v) is 2.49. The van der Waals surface area contributed by atoms with Crippen LogP contribution in [0, 0.1) is 0 Å². The molecule has 0 fully saturated rings. The molecule has 10 heavy (non-hydrogen) atoms. The zero-order valence-electron chi connectivity index (χ0n) is 5.57. The van der Waals surface area contributed by atoms with E-state index in [-0.39, 0.29) is 0 Å². The van der Waals surface area contributed by atoms with E-state index >= 15 is 0 Å². The molecule has 1 aromatic rings. The van der Waals surface area contributed by atoms with E-state index in [9.17, 15) is 0 Å². The van der Waals surface area contributed by atoms with Crippen LogP contribution >= 0.6 is 12.2 Å². The first-order valence-corrected chi connectivity index (χ1v) is 4.06. The second-order valence-electron chi connectivity index (χ2n) is 1.71. The van der Waals surface area contributed by atoms with Crippen LogP contribution in [0.4, 0.5) is 0 Å². The van der Waals surface area contributed by atoms with Crippen molar-refractivity contribution in [1.29, 1.82) is 0 Å². The Balaban J connectivity index is 2.85. The van der Waals surface area contributed by atoms with Gasteiger partial charge in [-0.15, -0.1) is 0 Å². The van der Waals surface area contributed by atoms with E-state index in [0.29, 0.717) is 15.5 Å². The number of nitrogens with zero attached hydrogens (tertiary/aromatic N) is 1. The van der Waals surface area contributed by atoms with Crippen LogP contribution in [0.5, 0.6) is 0 Å². The van der Waals surface area contributed by atoms with Crippen LogP contribution in [-0.2, 0) is 4.43 Å². The van der Waals surface area contributed by atoms with Gasteiger partial charge >= 0.3 is 0 Å². The maximum atomic E-state index is 4.94. The Hall–Kier alpha value is -0.743. The molecule has 0 aromatic carbocycles. The summed E-state index contributed by atoms with van der Waals surface area (Å²) in [5.41, 5.74) is 0.743. The highest BCUT2D eigenvalue weighted by Gasteiger charge is 1.96. The van der Waals surface area contributed by atoms with Crippen LogP contribution in [-0.4, -0.2) is 20.5 Å². The Morgan fingerprint density at radius 3 is 2.90 bits per heavy atom. The first-order chi connectivity index (χ1) is 4.84. The minimum atomic E-state index is 0.493. The van der Waals surface area contributed by atoms with Gasteiger partial charge in [0.1, 0.15) is 5.69 Å². The van der Waals surface area contributed by atoms with E-state index < -0.39 is 0 Å². The maximum Gasteiger partial charge on any atom is 0.205 e. The molecule has 0 saturated heterocycles. The average molecular weight is 169 g/mol. The third kappa shape index (κ3) is 1.62. The van der Waals surface area contributed by atoms with Crippen LogP contribution in [0.2, 0.25) is 0 Å². The largest absolute Gasteiger partial charge is 0.544 e. The third-order valence-corrected chi connectivity index (χ3v) is 2.14. The fourth-order valence-corrected chi connectivity index (χ4v) is 0.918.